The van der Waals surface area contributed by atoms with Gasteiger partial charge in [-0.1, -0.05) is 12.1 Å². The van der Waals surface area contributed by atoms with Gasteiger partial charge in [0, 0.05) is 0 Å². The summed E-state index contributed by atoms with van der Waals surface area (Å²) >= 11 is 0. The maximum atomic E-state index is 12.9. The van der Waals surface area contributed by atoms with E-state index in [1.165, 1.54) is 12.1 Å². The lowest BCUT2D eigenvalue weighted by atomic mass is 9.62. The Bertz CT molecular complexity index is 754. The fourth-order valence-electron chi connectivity index (χ4n) is 3.37. The van der Waals surface area contributed by atoms with Crippen LogP contribution in [0.15, 0.2) is 29.7 Å². The molecule has 1 fully saturated rings. The molecule has 9 heteroatoms. The number of alkyl halides is 3. The Balaban J connectivity index is 2.08. The molecule has 0 unspecified atom stereocenters. The van der Waals surface area contributed by atoms with E-state index >= 15 is 0 Å². The predicted octanol–water partition coefficient (Wildman–Crippen LogP) is 3.92. The molecule has 0 amide bonds. The Morgan fingerprint density at radius 1 is 0.852 bits per heavy atom. The Kier molecular flexibility index (Phi) is 4.63. The van der Waals surface area contributed by atoms with E-state index in [-0.39, 0.29) is 0 Å². The first kappa shape index (κ1) is 20.5. The Morgan fingerprint density at radius 2 is 1.33 bits per heavy atom. The highest BCUT2D eigenvalue weighted by atomic mass is 19.4. The molecule has 1 saturated heterocycles. The minimum atomic E-state index is -4.43. The van der Waals surface area contributed by atoms with Gasteiger partial charge in [-0.25, -0.2) is 0 Å². The smallest absolute Gasteiger partial charge is 0.423 e. The van der Waals surface area contributed by atoms with Crippen LogP contribution in [-0.2, 0) is 20.1 Å². The van der Waals surface area contributed by atoms with E-state index in [9.17, 15) is 18.2 Å². The number of hydrogen-bond donors (Lipinski definition) is 1. The number of halogens is 3. The molecule has 146 valence electrons. The van der Waals surface area contributed by atoms with E-state index in [0.29, 0.717) is 16.5 Å². The number of rotatable bonds is 2. The zero-order chi connectivity index (χ0) is 20.4. The molecule has 1 N–H and O–H groups in total. The first-order valence-corrected chi connectivity index (χ1v) is 8.79. The third-order valence-corrected chi connectivity index (χ3v) is 5.60. The van der Waals surface area contributed by atoms with Crippen molar-refractivity contribution in [3.8, 4) is 0 Å². The zero-order valence-electron chi connectivity index (χ0n) is 16.3. The van der Waals surface area contributed by atoms with Crippen LogP contribution in [0.25, 0.3) is 5.47 Å². The van der Waals surface area contributed by atoms with Crippen molar-refractivity contribution in [2.24, 2.45) is 0 Å². The second kappa shape index (κ2) is 6.11. The van der Waals surface area contributed by atoms with Gasteiger partial charge in [-0.3, -0.25) is 0 Å². The molecule has 27 heavy (non-hydrogen) atoms. The van der Waals surface area contributed by atoms with Crippen molar-refractivity contribution in [1.29, 1.82) is 0 Å². The van der Waals surface area contributed by atoms with Crippen molar-refractivity contribution in [3.63, 3.8) is 0 Å². The van der Waals surface area contributed by atoms with Gasteiger partial charge in [-0.2, -0.15) is 13.2 Å². The summed E-state index contributed by atoms with van der Waals surface area (Å²) in [5.74, 6) is 0. The van der Waals surface area contributed by atoms with Crippen LogP contribution in [0.1, 0.15) is 52.7 Å². The SMILES string of the molecule is CC1(C)OB(O)C(c2ccc(C(F)(F)F)cc2)=C1B1OC(C)(C)C(C)(C)O1. The van der Waals surface area contributed by atoms with E-state index < -0.39 is 42.8 Å². The first-order chi connectivity index (χ1) is 12.2. The summed E-state index contributed by atoms with van der Waals surface area (Å²) < 4.78 is 56.5. The lowest BCUT2D eigenvalue weighted by Gasteiger charge is -2.32. The summed E-state index contributed by atoms with van der Waals surface area (Å²) in [5, 5.41) is 10.5. The van der Waals surface area contributed by atoms with E-state index in [2.05, 4.69) is 0 Å². The molecule has 1 aromatic carbocycles. The van der Waals surface area contributed by atoms with Gasteiger partial charge in [-0.15, -0.1) is 0 Å². The van der Waals surface area contributed by atoms with Crippen LogP contribution in [0.3, 0.4) is 0 Å². The molecule has 0 radical (unpaired) electrons. The lowest BCUT2D eigenvalue weighted by molar-refractivity contribution is -0.137. The van der Waals surface area contributed by atoms with E-state index in [1.807, 2.05) is 27.7 Å². The molecule has 1 aromatic rings. The van der Waals surface area contributed by atoms with Crippen LogP contribution in [-0.4, -0.2) is 36.1 Å². The van der Waals surface area contributed by atoms with Gasteiger partial charge >= 0.3 is 20.4 Å². The van der Waals surface area contributed by atoms with Gasteiger partial charge in [0.25, 0.3) is 0 Å². The minimum absolute atomic E-state index is 0.382. The van der Waals surface area contributed by atoms with Crippen molar-refractivity contribution < 1.29 is 32.2 Å². The Labute approximate surface area is 158 Å². The van der Waals surface area contributed by atoms with Crippen molar-refractivity contribution >= 4 is 19.7 Å². The van der Waals surface area contributed by atoms with Gasteiger partial charge in [0.05, 0.1) is 22.4 Å². The van der Waals surface area contributed by atoms with Gasteiger partial charge in [-0.05, 0) is 70.2 Å². The van der Waals surface area contributed by atoms with Crippen molar-refractivity contribution in [2.75, 3.05) is 0 Å². The van der Waals surface area contributed by atoms with Crippen molar-refractivity contribution in [2.45, 2.75) is 64.5 Å². The van der Waals surface area contributed by atoms with Crippen molar-refractivity contribution in [1.82, 2.24) is 0 Å². The molecule has 4 nitrogen and oxygen atoms in total. The van der Waals surface area contributed by atoms with Gasteiger partial charge in [0.15, 0.2) is 0 Å². The lowest BCUT2D eigenvalue weighted by Crippen LogP contribution is -2.41. The summed E-state index contributed by atoms with van der Waals surface area (Å²) in [6.07, 6.45) is -4.43. The fraction of sp³-hybridized carbons (Fsp3) is 0.556. The van der Waals surface area contributed by atoms with E-state index in [4.69, 9.17) is 14.0 Å². The first-order valence-electron chi connectivity index (χ1n) is 8.79. The average Bonchev–Trinajstić information content (AvgIpc) is 2.85. The van der Waals surface area contributed by atoms with E-state index in [0.717, 1.165) is 12.1 Å². The van der Waals surface area contributed by atoms with Crippen LogP contribution in [0, 0.1) is 0 Å². The highest BCUT2D eigenvalue weighted by Crippen LogP contribution is 2.46. The number of hydrogen-bond acceptors (Lipinski definition) is 4. The highest BCUT2D eigenvalue weighted by Gasteiger charge is 2.58. The molecule has 2 aliphatic heterocycles. The Hall–Kier alpha value is -1.28. The third kappa shape index (κ3) is 3.46. The summed E-state index contributed by atoms with van der Waals surface area (Å²) in [6, 6.07) is 4.64. The van der Waals surface area contributed by atoms with Crippen LogP contribution in [0.5, 0.6) is 0 Å². The molecule has 2 heterocycles. The van der Waals surface area contributed by atoms with Gasteiger partial charge in [0.2, 0.25) is 0 Å². The van der Waals surface area contributed by atoms with Gasteiger partial charge in [0.1, 0.15) is 0 Å². The molecule has 0 saturated carbocycles. The maximum Gasteiger partial charge on any atom is 0.493 e. The summed E-state index contributed by atoms with van der Waals surface area (Å²) in [6.45, 7) is 11.2. The quantitative estimate of drug-likeness (QED) is 0.789. The second-order valence-electron chi connectivity index (χ2n) is 8.47. The van der Waals surface area contributed by atoms with Crippen LogP contribution in [0.2, 0.25) is 0 Å². The molecule has 0 spiro atoms. The summed E-state index contributed by atoms with van der Waals surface area (Å²) in [4.78, 5) is 0. The Morgan fingerprint density at radius 3 is 1.78 bits per heavy atom. The number of benzene rings is 1. The van der Waals surface area contributed by atoms with Crippen LogP contribution in [0.4, 0.5) is 13.2 Å². The fourth-order valence-corrected chi connectivity index (χ4v) is 3.37. The van der Waals surface area contributed by atoms with E-state index in [1.54, 1.807) is 13.8 Å². The molecule has 0 atom stereocenters. The normalized spacial score (nSPS) is 24.1. The molecular formula is C18H23B2F3O4. The van der Waals surface area contributed by atoms with Crippen molar-refractivity contribution in [3.05, 3.63) is 40.9 Å². The summed E-state index contributed by atoms with van der Waals surface area (Å²) in [5.41, 5.74) is -1.46. The second-order valence-corrected chi connectivity index (χ2v) is 8.47. The third-order valence-electron chi connectivity index (χ3n) is 5.60. The molecule has 3 rings (SSSR count). The van der Waals surface area contributed by atoms with Gasteiger partial charge < -0.3 is 19.0 Å². The highest BCUT2D eigenvalue weighted by molar-refractivity contribution is 6.74. The average molecular weight is 382 g/mol. The van der Waals surface area contributed by atoms with Crippen LogP contribution < -0.4 is 0 Å². The molecule has 0 aliphatic carbocycles. The zero-order valence-corrected chi connectivity index (χ0v) is 16.3. The topological polar surface area (TPSA) is 47.9 Å². The monoisotopic (exact) mass is 382 g/mol. The van der Waals surface area contributed by atoms with Crippen LogP contribution >= 0.6 is 0 Å². The molecular weight excluding hydrogens is 359 g/mol. The standard InChI is InChI=1S/C18H23B2F3O4/c1-15(2)14(20-26-16(3,4)17(5,6)27-20)13(19(24)25-15)11-7-9-12(10-8-11)18(21,22)23/h7-10,24H,1-6H3. The summed E-state index contributed by atoms with van der Waals surface area (Å²) in [7, 11) is -2.06. The molecule has 0 aromatic heterocycles. The molecule has 2 aliphatic rings. The minimum Gasteiger partial charge on any atom is -0.423 e. The predicted molar refractivity (Wildman–Crippen MR) is 97.6 cm³/mol. The maximum absolute atomic E-state index is 12.9. The largest absolute Gasteiger partial charge is 0.493 e. The molecule has 0 bridgehead atoms.